The van der Waals surface area contributed by atoms with Crippen LogP contribution in [0, 0.1) is 22.6 Å². The first-order valence-corrected chi connectivity index (χ1v) is 13.4. The zero-order chi connectivity index (χ0) is 28.8. The largest absolute Gasteiger partial charge is 0.475 e. The molecule has 39 heavy (non-hydrogen) atoms. The van der Waals surface area contributed by atoms with Crippen molar-refractivity contribution in [2.24, 2.45) is 5.41 Å². The van der Waals surface area contributed by atoms with E-state index < -0.39 is 41.5 Å². The van der Waals surface area contributed by atoms with E-state index in [1.807, 2.05) is 20.8 Å². The Labute approximate surface area is 230 Å². The van der Waals surface area contributed by atoms with Crippen molar-refractivity contribution in [3.8, 4) is 6.07 Å². The number of alkyl carbamates (subject to hydrolysis) is 1. The Morgan fingerprint density at radius 2 is 1.87 bits per heavy atom. The molecule has 214 valence electrons. The molecule has 0 aliphatic carbocycles. The van der Waals surface area contributed by atoms with Crippen LogP contribution in [-0.2, 0) is 20.7 Å². The summed E-state index contributed by atoms with van der Waals surface area (Å²) in [5, 5.41) is 32.1. The lowest BCUT2D eigenvalue weighted by Gasteiger charge is -2.45. The van der Waals surface area contributed by atoms with Gasteiger partial charge < -0.3 is 29.7 Å². The summed E-state index contributed by atoms with van der Waals surface area (Å²) in [5.41, 5.74) is -1.90. The van der Waals surface area contributed by atoms with Gasteiger partial charge in [0.15, 0.2) is 0 Å². The predicted molar refractivity (Wildman–Crippen MR) is 143 cm³/mol. The number of ether oxygens (including phenoxy) is 2. The first-order valence-electron chi connectivity index (χ1n) is 13.4. The quantitative estimate of drug-likeness (QED) is 0.379. The van der Waals surface area contributed by atoms with E-state index >= 15 is 0 Å². The summed E-state index contributed by atoms with van der Waals surface area (Å²) in [6.45, 7) is 10.6. The molecule has 0 saturated carbocycles. The third kappa shape index (κ3) is 7.69. The van der Waals surface area contributed by atoms with E-state index in [1.165, 1.54) is 24.3 Å². The highest BCUT2D eigenvalue weighted by molar-refractivity contribution is 6.43. The molecule has 2 saturated heterocycles. The molecule has 0 aromatic heterocycles. The molecule has 2 aliphatic heterocycles. The van der Waals surface area contributed by atoms with Gasteiger partial charge in [-0.25, -0.2) is 9.18 Å². The number of rotatable bonds is 10. The van der Waals surface area contributed by atoms with Crippen LogP contribution in [0.3, 0.4) is 0 Å². The third-order valence-electron chi connectivity index (χ3n) is 7.91. The molecule has 0 radical (unpaired) electrons. The van der Waals surface area contributed by atoms with Gasteiger partial charge in [-0.3, -0.25) is 9.69 Å². The molecule has 2 amide bonds. The molecule has 3 N–H and O–H groups in total. The first-order chi connectivity index (χ1) is 18.3. The summed E-state index contributed by atoms with van der Waals surface area (Å²) in [5.74, 6) is -1.80. The Morgan fingerprint density at radius 1 is 1.23 bits per heavy atom. The fraction of sp³-hybridized carbons (Fsp3) is 0.667. The van der Waals surface area contributed by atoms with E-state index in [0.29, 0.717) is 44.6 Å². The van der Waals surface area contributed by atoms with Gasteiger partial charge in [0, 0.05) is 25.2 Å². The molecule has 3 atom stereocenters. The Balaban J connectivity index is 1.64. The molecule has 10 nitrogen and oxygen atoms in total. The molecule has 2 heterocycles. The van der Waals surface area contributed by atoms with Crippen molar-refractivity contribution in [1.82, 2.24) is 15.1 Å². The Morgan fingerprint density at radius 3 is 2.46 bits per heavy atom. The molecule has 0 spiro atoms. The molecule has 3 rings (SSSR count). The summed E-state index contributed by atoms with van der Waals surface area (Å²) in [6, 6.07) is 7.75. The van der Waals surface area contributed by atoms with E-state index in [1.54, 1.807) is 11.8 Å². The molecule has 12 heteroatoms. The van der Waals surface area contributed by atoms with Crippen LogP contribution in [0.4, 0.5) is 9.18 Å². The normalized spacial score (nSPS) is 22.5. The number of carbonyl (C=O) groups is 2. The molecule has 1 unspecified atom stereocenters. The number of nitriles is 1. The second-order valence-corrected chi connectivity index (χ2v) is 11.7. The van der Waals surface area contributed by atoms with Crippen molar-refractivity contribution >= 4 is 19.1 Å². The van der Waals surface area contributed by atoms with E-state index in [0.717, 1.165) is 13.1 Å². The Hall–Kier alpha value is -2.72. The van der Waals surface area contributed by atoms with E-state index in [4.69, 9.17) is 9.47 Å². The van der Waals surface area contributed by atoms with Crippen molar-refractivity contribution in [1.29, 1.82) is 5.26 Å². The van der Waals surface area contributed by atoms with Gasteiger partial charge in [-0.15, -0.1) is 0 Å². The minimum Gasteiger partial charge on any atom is -0.447 e. The average Bonchev–Trinajstić information content (AvgIpc) is 3.29. The zero-order valence-electron chi connectivity index (χ0n) is 23.3. The van der Waals surface area contributed by atoms with Crippen molar-refractivity contribution < 1.29 is 33.5 Å². The van der Waals surface area contributed by atoms with Crippen LogP contribution < -0.4 is 5.32 Å². The molecule has 0 bridgehead atoms. The third-order valence-corrected chi connectivity index (χ3v) is 7.91. The molecule has 1 aromatic rings. The highest BCUT2D eigenvalue weighted by Crippen LogP contribution is 2.39. The topological polar surface area (TPSA) is 135 Å². The molecule has 2 aliphatic rings. The van der Waals surface area contributed by atoms with Crippen LogP contribution >= 0.6 is 0 Å². The number of morpholine rings is 1. The molecule has 1 aromatic carbocycles. The number of carbonyl (C=O) groups excluding carboxylic acids is 2. The number of hydrogen-bond acceptors (Lipinski definition) is 8. The lowest BCUT2D eigenvalue weighted by molar-refractivity contribution is -0.145. The number of benzene rings is 1. The lowest BCUT2D eigenvalue weighted by atomic mass is 9.76. The van der Waals surface area contributed by atoms with Crippen LogP contribution in [-0.4, -0.2) is 95.4 Å². The van der Waals surface area contributed by atoms with Gasteiger partial charge in [-0.05, 0) is 71.1 Å². The van der Waals surface area contributed by atoms with Gasteiger partial charge in [0.2, 0.25) is 5.91 Å². The zero-order valence-corrected chi connectivity index (χ0v) is 23.3. The fourth-order valence-electron chi connectivity index (χ4n) is 5.65. The van der Waals surface area contributed by atoms with Gasteiger partial charge >= 0.3 is 13.2 Å². The van der Waals surface area contributed by atoms with Crippen molar-refractivity contribution in [3.63, 3.8) is 0 Å². The summed E-state index contributed by atoms with van der Waals surface area (Å²) < 4.78 is 24.1. The SMILES string of the molecule is CC(C#N)(CC(C)(C)N1CCOCC1)C(=O)N1CCC[C@]1(C)COC(=O)N[C@@H](Cc1ccc(F)cc1)B(O)O. The summed E-state index contributed by atoms with van der Waals surface area (Å²) in [7, 11) is -1.87. The minimum atomic E-state index is -1.87. The summed E-state index contributed by atoms with van der Waals surface area (Å²) >= 11 is 0. The standard InChI is InChI=1S/C27H40BFN4O6/c1-25(2,32-12-14-38-15-13-32)17-26(3,18-30)23(34)33-11-5-10-27(33,4)19-39-24(35)31-22(28(36)37)16-20-6-8-21(29)9-7-20/h6-9,22,36-37H,5,10-17,19H2,1-4H3,(H,31,35)/t22-,26?,27+/m0/s1. The summed E-state index contributed by atoms with van der Waals surface area (Å²) in [4.78, 5) is 30.3. The fourth-order valence-corrected chi connectivity index (χ4v) is 5.65. The molecular weight excluding hydrogens is 506 g/mol. The monoisotopic (exact) mass is 546 g/mol. The van der Waals surface area contributed by atoms with Crippen LogP contribution in [0.2, 0.25) is 0 Å². The van der Waals surface area contributed by atoms with Crippen LogP contribution in [0.15, 0.2) is 24.3 Å². The van der Waals surface area contributed by atoms with Crippen LogP contribution in [0.5, 0.6) is 0 Å². The predicted octanol–water partition coefficient (Wildman–Crippen LogP) is 1.89. The van der Waals surface area contributed by atoms with Crippen LogP contribution in [0.25, 0.3) is 0 Å². The maximum absolute atomic E-state index is 13.8. The van der Waals surface area contributed by atoms with E-state index in [9.17, 15) is 29.3 Å². The minimum absolute atomic E-state index is 0.0500. The number of amides is 2. The second kappa shape index (κ2) is 12.6. The Bertz CT molecular complexity index is 1050. The number of nitrogens with one attached hydrogen (secondary N) is 1. The summed E-state index contributed by atoms with van der Waals surface area (Å²) in [6.07, 6.45) is 0.802. The highest BCUT2D eigenvalue weighted by atomic mass is 19.1. The average molecular weight is 546 g/mol. The number of halogens is 1. The van der Waals surface area contributed by atoms with Crippen LogP contribution in [0.1, 0.15) is 52.5 Å². The molecular formula is C27H40BFN4O6. The number of likely N-dealkylation sites (tertiary alicyclic amines) is 1. The smallest absolute Gasteiger partial charge is 0.447 e. The Kier molecular flexibility index (Phi) is 9.99. The van der Waals surface area contributed by atoms with Crippen molar-refractivity contribution in [3.05, 3.63) is 35.6 Å². The van der Waals surface area contributed by atoms with Gasteiger partial charge in [0.1, 0.15) is 17.8 Å². The van der Waals surface area contributed by atoms with E-state index in [-0.39, 0.29) is 18.9 Å². The maximum Gasteiger partial charge on any atom is 0.475 e. The van der Waals surface area contributed by atoms with Crippen molar-refractivity contribution in [2.75, 3.05) is 39.5 Å². The first kappa shape index (κ1) is 30.8. The van der Waals surface area contributed by atoms with Crippen molar-refractivity contribution in [2.45, 2.75) is 70.4 Å². The molecule has 2 fully saturated rings. The number of hydrogen-bond donors (Lipinski definition) is 3. The lowest BCUT2D eigenvalue weighted by Crippen LogP contribution is -2.57. The van der Waals surface area contributed by atoms with Gasteiger partial charge in [-0.2, -0.15) is 5.26 Å². The number of nitrogens with zero attached hydrogens (tertiary/aromatic N) is 3. The van der Waals surface area contributed by atoms with E-state index in [2.05, 4.69) is 16.3 Å². The van der Waals surface area contributed by atoms with Gasteiger partial charge in [0.25, 0.3) is 0 Å². The van der Waals surface area contributed by atoms with Gasteiger partial charge in [-0.1, -0.05) is 12.1 Å². The highest BCUT2D eigenvalue weighted by Gasteiger charge is 2.50. The second-order valence-electron chi connectivity index (χ2n) is 11.7. The van der Waals surface area contributed by atoms with Gasteiger partial charge in [0.05, 0.1) is 30.8 Å². The maximum atomic E-state index is 13.8.